The van der Waals surface area contributed by atoms with Gasteiger partial charge in [-0.05, 0) is 30.1 Å². The number of rotatable bonds is 1. The lowest BCUT2D eigenvalue weighted by Crippen LogP contribution is -1.78. The molecular weight excluding hydrogens is 188 g/mol. The molecule has 2 rings (SSSR count). The van der Waals surface area contributed by atoms with Crippen LogP contribution in [-0.4, -0.2) is 5.12 Å². The summed E-state index contributed by atoms with van der Waals surface area (Å²) in [7, 11) is 0. The summed E-state index contributed by atoms with van der Waals surface area (Å²) in [4.78, 5) is 11.5. The first-order chi connectivity index (χ1) is 5.77. The Morgan fingerprint density at radius 1 is 1.33 bits per heavy atom. The van der Waals surface area contributed by atoms with E-state index in [2.05, 4.69) is 12.6 Å². The van der Waals surface area contributed by atoms with Gasteiger partial charge in [-0.15, -0.1) is 11.3 Å². The SMILES string of the molecule is O=C([S])c1cc2ccccc2s1. The molecule has 1 aromatic carbocycles. The third kappa shape index (κ3) is 1.21. The largest absolute Gasteiger partial charge is 0.275 e. The summed E-state index contributed by atoms with van der Waals surface area (Å²) < 4.78 is 1.12. The molecule has 3 heteroatoms. The minimum atomic E-state index is -0.267. The third-order valence-electron chi connectivity index (χ3n) is 1.63. The Bertz CT molecular complexity index is 398. The van der Waals surface area contributed by atoms with Crippen molar-refractivity contribution < 1.29 is 4.79 Å². The summed E-state index contributed by atoms with van der Waals surface area (Å²) in [6.07, 6.45) is 0. The molecule has 0 spiro atoms. The van der Waals surface area contributed by atoms with Crippen molar-refractivity contribution in [3.8, 4) is 0 Å². The zero-order valence-electron chi connectivity index (χ0n) is 6.11. The maximum atomic E-state index is 10.8. The van der Waals surface area contributed by atoms with Crippen LogP contribution < -0.4 is 0 Å². The van der Waals surface area contributed by atoms with Crippen molar-refractivity contribution in [3.05, 3.63) is 35.2 Å². The lowest BCUT2D eigenvalue weighted by Gasteiger charge is -1.82. The van der Waals surface area contributed by atoms with Crippen LogP contribution in [0.3, 0.4) is 0 Å². The van der Waals surface area contributed by atoms with Gasteiger partial charge in [0.05, 0.1) is 4.88 Å². The standard InChI is InChI=1S/C9H5OS2/c10-9(11)8-5-6-3-1-2-4-7(6)12-8/h1-5H. The molecular formula is C9H5OS2. The van der Waals surface area contributed by atoms with Crippen LogP contribution in [0.15, 0.2) is 30.3 Å². The molecule has 2 aromatic rings. The van der Waals surface area contributed by atoms with Gasteiger partial charge < -0.3 is 0 Å². The highest BCUT2D eigenvalue weighted by molar-refractivity contribution is 7.97. The minimum Gasteiger partial charge on any atom is -0.275 e. The van der Waals surface area contributed by atoms with Gasteiger partial charge in [-0.3, -0.25) is 4.79 Å². The normalized spacial score (nSPS) is 10.3. The van der Waals surface area contributed by atoms with Crippen molar-refractivity contribution in [3.63, 3.8) is 0 Å². The van der Waals surface area contributed by atoms with E-state index in [4.69, 9.17) is 0 Å². The van der Waals surface area contributed by atoms with Crippen LogP contribution in [0.25, 0.3) is 10.1 Å². The van der Waals surface area contributed by atoms with Crippen LogP contribution in [0.2, 0.25) is 0 Å². The Labute approximate surface area is 79.4 Å². The van der Waals surface area contributed by atoms with Gasteiger partial charge >= 0.3 is 0 Å². The lowest BCUT2D eigenvalue weighted by molar-refractivity contribution is 0.109. The monoisotopic (exact) mass is 193 g/mol. The summed E-state index contributed by atoms with van der Waals surface area (Å²) in [5.74, 6) is 0. The molecule has 1 aromatic heterocycles. The fraction of sp³-hybridized carbons (Fsp3) is 0. The van der Waals surface area contributed by atoms with Gasteiger partial charge in [0, 0.05) is 4.70 Å². The molecule has 1 radical (unpaired) electrons. The molecule has 12 heavy (non-hydrogen) atoms. The third-order valence-corrected chi connectivity index (χ3v) is 3.09. The number of benzene rings is 1. The van der Waals surface area contributed by atoms with Crippen molar-refractivity contribution in [1.29, 1.82) is 0 Å². The van der Waals surface area contributed by atoms with Crippen LogP contribution in [0, 0.1) is 0 Å². The first kappa shape index (κ1) is 7.71. The second-order valence-corrected chi connectivity index (χ2v) is 3.89. The van der Waals surface area contributed by atoms with E-state index in [0.717, 1.165) is 10.1 Å². The van der Waals surface area contributed by atoms with Gasteiger partial charge in [-0.2, -0.15) is 0 Å². The van der Waals surface area contributed by atoms with Gasteiger partial charge in [-0.25, -0.2) is 0 Å². The van der Waals surface area contributed by atoms with Crippen molar-refractivity contribution >= 4 is 39.2 Å². The number of thiophene rings is 1. The van der Waals surface area contributed by atoms with Crippen LogP contribution in [0.4, 0.5) is 0 Å². The fourth-order valence-electron chi connectivity index (χ4n) is 1.08. The Kier molecular flexibility index (Phi) is 1.83. The topological polar surface area (TPSA) is 17.1 Å². The molecule has 0 fully saturated rings. The zero-order chi connectivity index (χ0) is 8.55. The summed E-state index contributed by atoms with van der Waals surface area (Å²) in [6, 6.07) is 9.72. The average molecular weight is 193 g/mol. The van der Waals surface area contributed by atoms with E-state index < -0.39 is 0 Å². The van der Waals surface area contributed by atoms with Crippen LogP contribution >= 0.6 is 24.0 Å². The molecule has 0 aliphatic carbocycles. The van der Waals surface area contributed by atoms with Gasteiger partial charge in [0.25, 0.3) is 5.12 Å². The minimum absolute atomic E-state index is 0.267. The number of hydrogen-bond acceptors (Lipinski definition) is 2. The molecule has 0 atom stereocenters. The number of hydrogen-bond donors (Lipinski definition) is 0. The number of fused-ring (bicyclic) bond motifs is 1. The maximum Gasteiger partial charge on any atom is 0.259 e. The van der Waals surface area contributed by atoms with Crippen molar-refractivity contribution in [2.24, 2.45) is 0 Å². The predicted molar refractivity (Wildman–Crippen MR) is 53.7 cm³/mol. The van der Waals surface area contributed by atoms with Gasteiger partial charge in [0.1, 0.15) is 0 Å². The summed E-state index contributed by atoms with van der Waals surface area (Å²) in [6.45, 7) is 0. The molecule has 0 N–H and O–H groups in total. The van der Waals surface area contributed by atoms with E-state index in [0.29, 0.717) is 4.88 Å². The van der Waals surface area contributed by atoms with E-state index in [-0.39, 0.29) is 5.12 Å². The van der Waals surface area contributed by atoms with Crippen LogP contribution in [-0.2, 0) is 0 Å². The molecule has 0 aliphatic heterocycles. The Morgan fingerprint density at radius 3 is 2.75 bits per heavy atom. The summed E-state index contributed by atoms with van der Waals surface area (Å²) in [5.41, 5.74) is 0. The number of carbonyl (C=O) groups is 1. The molecule has 0 saturated heterocycles. The molecule has 0 amide bonds. The van der Waals surface area contributed by atoms with E-state index in [9.17, 15) is 4.79 Å². The highest BCUT2D eigenvalue weighted by Gasteiger charge is 2.05. The zero-order valence-corrected chi connectivity index (χ0v) is 7.74. The lowest BCUT2D eigenvalue weighted by atomic mass is 10.2. The fourth-order valence-corrected chi connectivity index (χ4v) is 2.16. The smallest absolute Gasteiger partial charge is 0.259 e. The van der Waals surface area contributed by atoms with Gasteiger partial charge in [0.15, 0.2) is 0 Å². The molecule has 1 heterocycles. The first-order valence-corrected chi connectivity index (χ1v) is 4.70. The predicted octanol–water partition coefficient (Wildman–Crippen LogP) is 3.24. The molecule has 0 unspecified atom stereocenters. The quantitative estimate of drug-likeness (QED) is 0.679. The van der Waals surface area contributed by atoms with Gasteiger partial charge in [0.2, 0.25) is 0 Å². The van der Waals surface area contributed by atoms with E-state index >= 15 is 0 Å². The summed E-state index contributed by atoms with van der Waals surface area (Å²) in [5, 5.41) is 0.826. The van der Waals surface area contributed by atoms with Crippen molar-refractivity contribution in [2.75, 3.05) is 0 Å². The molecule has 59 valence electrons. The second-order valence-electron chi connectivity index (χ2n) is 2.44. The number of carbonyl (C=O) groups excluding carboxylic acids is 1. The molecule has 1 nitrogen and oxygen atoms in total. The highest BCUT2D eigenvalue weighted by atomic mass is 32.1. The second kappa shape index (κ2) is 2.84. The summed E-state index contributed by atoms with van der Waals surface area (Å²) >= 11 is 6.01. The average Bonchev–Trinajstić information content (AvgIpc) is 2.46. The van der Waals surface area contributed by atoms with Crippen LogP contribution in [0.5, 0.6) is 0 Å². The van der Waals surface area contributed by atoms with E-state index in [1.807, 2.05) is 30.3 Å². The van der Waals surface area contributed by atoms with Crippen LogP contribution in [0.1, 0.15) is 9.67 Å². The first-order valence-electron chi connectivity index (χ1n) is 3.47. The Balaban J connectivity index is 2.70. The molecule has 0 aliphatic rings. The molecule has 0 saturated carbocycles. The molecule has 0 bridgehead atoms. The van der Waals surface area contributed by atoms with Crippen molar-refractivity contribution in [1.82, 2.24) is 0 Å². The van der Waals surface area contributed by atoms with E-state index in [1.165, 1.54) is 11.3 Å². The highest BCUT2D eigenvalue weighted by Crippen LogP contribution is 2.25. The Hall–Kier alpha value is -0.930. The Morgan fingerprint density at radius 2 is 2.08 bits per heavy atom. The van der Waals surface area contributed by atoms with Gasteiger partial charge in [-0.1, -0.05) is 18.2 Å². The maximum absolute atomic E-state index is 10.8. The van der Waals surface area contributed by atoms with Crippen molar-refractivity contribution in [2.45, 2.75) is 0 Å². The van der Waals surface area contributed by atoms with E-state index in [1.54, 1.807) is 0 Å².